The Morgan fingerprint density at radius 3 is 2.44 bits per heavy atom. The van der Waals surface area contributed by atoms with E-state index >= 15 is 0 Å². The van der Waals surface area contributed by atoms with Gasteiger partial charge in [-0.3, -0.25) is 4.79 Å². The van der Waals surface area contributed by atoms with Gasteiger partial charge in [-0.2, -0.15) is 0 Å². The first-order valence-electron chi connectivity index (χ1n) is 5.34. The Kier molecular flexibility index (Phi) is 5.58. The van der Waals surface area contributed by atoms with Crippen LogP contribution < -0.4 is 14.8 Å². The van der Waals surface area contributed by atoms with Crippen LogP contribution in [0.1, 0.15) is 6.42 Å². The minimum atomic E-state index is -0.276. The monoisotopic (exact) mass is 273 g/mol. The molecular weight excluding hydrogens is 258 g/mol. The molecule has 0 atom stereocenters. The van der Waals surface area contributed by atoms with E-state index in [4.69, 9.17) is 21.1 Å². The summed E-state index contributed by atoms with van der Waals surface area (Å²) in [6, 6.07) is 3.37. The second kappa shape index (κ2) is 6.96. The highest BCUT2D eigenvalue weighted by Gasteiger charge is 2.10. The Hall–Kier alpha value is -1.62. The lowest BCUT2D eigenvalue weighted by atomic mass is 10.2. The van der Waals surface area contributed by atoms with Crippen molar-refractivity contribution in [3.05, 3.63) is 17.2 Å². The summed E-state index contributed by atoms with van der Waals surface area (Å²) >= 11 is 5.98. The molecule has 0 unspecified atom stereocenters. The Bertz CT molecular complexity index is 423. The molecule has 1 aromatic rings. The number of nitrogens with one attached hydrogen (secondary N) is 1. The summed E-state index contributed by atoms with van der Waals surface area (Å²) in [6.07, 6.45) is 0.268. The SMILES string of the molecule is COC(=O)CCNc1cc(OC)c(Cl)cc1OC. The lowest BCUT2D eigenvalue weighted by molar-refractivity contribution is -0.140. The van der Waals surface area contributed by atoms with Gasteiger partial charge in [0.25, 0.3) is 0 Å². The van der Waals surface area contributed by atoms with E-state index in [2.05, 4.69) is 10.1 Å². The van der Waals surface area contributed by atoms with Crippen molar-refractivity contribution in [2.24, 2.45) is 0 Å². The maximum atomic E-state index is 11.0. The fraction of sp³-hybridized carbons (Fsp3) is 0.417. The van der Waals surface area contributed by atoms with Crippen LogP contribution in [-0.2, 0) is 9.53 Å². The van der Waals surface area contributed by atoms with Crippen LogP contribution in [0.25, 0.3) is 0 Å². The molecule has 0 bridgehead atoms. The summed E-state index contributed by atoms with van der Waals surface area (Å²) in [5.41, 5.74) is 0.711. The molecule has 1 N–H and O–H groups in total. The molecule has 0 fully saturated rings. The van der Waals surface area contributed by atoms with E-state index in [1.807, 2.05) is 0 Å². The molecule has 0 aliphatic carbocycles. The normalized spacial score (nSPS) is 9.78. The first-order valence-corrected chi connectivity index (χ1v) is 5.72. The molecule has 1 aromatic carbocycles. The molecule has 1 rings (SSSR count). The van der Waals surface area contributed by atoms with Gasteiger partial charge in [-0.15, -0.1) is 0 Å². The molecule has 100 valence electrons. The first-order chi connectivity index (χ1) is 8.62. The Labute approximate surface area is 111 Å². The standard InChI is InChI=1S/C12H16ClNO4/c1-16-10-7-9(11(17-2)6-8(10)13)14-5-4-12(15)18-3/h6-7,14H,4-5H2,1-3H3. The summed E-state index contributed by atoms with van der Waals surface area (Å²) in [6.45, 7) is 0.438. The highest BCUT2D eigenvalue weighted by molar-refractivity contribution is 6.32. The van der Waals surface area contributed by atoms with E-state index in [1.165, 1.54) is 14.2 Å². The largest absolute Gasteiger partial charge is 0.495 e. The average molecular weight is 274 g/mol. The van der Waals surface area contributed by atoms with Crippen LogP contribution in [0.2, 0.25) is 5.02 Å². The summed E-state index contributed by atoms with van der Waals surface area (Å²) < 4.78 is 14.9. The molecule has 5 nitrogen and oxygen atoms in total. The topological polar surface area (TPSA) is 56.8 Å². The van der Waals surface area contributed by atoms with Crippen molar-refractivity contribution in [1.82, 2.24) is 0 Å². The number of esters is 1. The van der Waals surface area contributed by atoms with Crippen molar-refractivity contribution in [2.45, 2.75) is 6.42 Å². The van der Waals surface area contributed by atoms with Gasteiger partial charge in [0.05, 0.1) is 38.5 Å². The summed E-state index contributed by atoms with van der Waals surface area (Å²) in [5.74, 6) is 0.853. The number of carbonyl (C=O) groups is 1. The van der Waals surface area contributed by atoms with E-state index in [9.17, 15) is 4.79 Å². The fourth-order valence-corrected chi connectivity index (χ4v) is 1.63. The zero-order valence-corrected chi connectivity index (χ0v) is 11.3. The van der Waals surface area contributed by atoms with Crippen LogP contribution in [-0.4, -0.2) is 33.8 Å². The number of rotatable bonds is 6. The molecule has 0 saturated carbocycles. The highest BCUT2D eigenvalue weighted by atomic mass is 35.5. The number of benzene rings is 1. The van der Waals surface area contributed by atoms with Gasteiger partial charge in [-0.05, 0) is 0 Å². The van der Waals surface area contributed by atoms with Gasteiger partial charge < -0.3 is 19.5 Å². The molecule has 6 heteroatoms. The molecule has 0 radical (unpaired) electrons. The van der Waals surface area contributed by atoms with E-state index < -0.39 is 0 Å². The Morgan fingerprint density at radius 1 is 1.22 bits per heavy atom. The fourth-order valence-electron chi connectivity index (χ4n) is 1.40. The van der Waals surface area contributed by atoms with Crippen LogP contribution in [0.4, 0.5) is 5.69 Å². The van der Waals surface area contributed by atoms with Crippen molar-refractivity contribution >= 4 is 23.3 Å². The number of hydrogen-bond donors (Lipinski definition) is 1. The zero-order valence-electron chi connectivity index (χ0n) is 10.6. The van der Waals surface area contributed by atoms with Gasteiger partial charge >= 0.3 is 5.97 Å². The zero-order chi connectivity index (χ0) is 13.5. The van der Waals surface area contributed by atoms with Crippen LogP contribution in [0.15, 0.2) is 12.1 Å². The van der Waals surface area contributed by atoms with Crippen LogP contribution in [0.5, 0.6) is 11.5 Å². The number of methoxy groups -OCH3 is 3. The molecule has 0 amide bonds. The molecule has 0 aliphatic heterocycles. The third-order valence-corrected chi connectivity index (χ3v) is 2.64. The number of ether oxygens (including phenoxy) is 3. The molecule has 0 aliphatic rings. The molecule has 0 heterocycles. The molecule has 18 heavy (non-hydrogen) atoms. The number of halogens is 1. The summed E-state index contributed by atoms with van der Waals surface area (Å²) in [5, 5.41) is 3.53. The second-order valence-corrected chi connectivity index (χ2v) is 3.85. The van der Waals surface area contributed by atoms with E-state index in [-0.39, 0.29) is 12.4 Å². The quantitative estimate of drug-likeness (QED) is 0.806. The number of anilines is 1. The number of hydrogen-bond acceptors (Lipinski definition) is 5. The Morgan fingerprint density at radius 2 is 1.89 bits per heavy atom. The van der Waals surface area contributed by atoms with E-state index in [1.54, 1.807) is 19.2 Å². The average Bonchev–Trinajstić information content (AvgIpc) is 2.39. The van der Waals surface area contributed by atoms with Crippen molar-refractivity contribution in [3.8, 4) is 11.5 Å². The molecule has 0 spiro atoms. The van der Waals surface area contributed by atoms with Crippen LogP contribution in [0.3, 0.4) is 0 Å². The maximum Gasteiger partial charge on any atom is 0.307 e. The lowest BCUT2D eigenvalue weighted by Gasteiger charge is -2.13. The summed E-state index contributed by atoms with van der Waals surface area (Å²) in [7, 11) is 4.43. The maximum absolute atomic E-state index is 11.0. The van der Waals surface area contributed by atoms with Gasteiger partial charge in [0.1, 0.15) is 11.5 Å². The smallest absolute Gasteiger partial charge is 0.307 e. The van der Waals surface area contributed by atoms with E-state index in [0.29, 0.717) is 28.8 Å². The summed E-state index contributed by atoms with van der Waals surface area (Å²) in [4.78, 5) is 11.0. The van der Waals surface area contributed by atoms with Crippen molar-refractivity contribution in [1.29, 1.82) is 0 Å². The third kappa shape index (κ3) is 3.70. The minimum absolute atomic E-state index is 0.268. The predicted molar refractivity (Wildman–Crippen MR) is 69.7 cm³/mol. The van der Waals surface area contributed by atoms with Gasteiger partial charge in [0.15, 0.2) is 0 Å². The Balaban J connectivity index is 2.76. The minimum Gasteiger partial charge on any atom is -0.495 e. The van der Waals surface area contributed by atoms with Crippen molar-refractivity contribution in [3.63, 3.8) is 0 Å². The van der Waals surface area contributed by atoms with E-state index in [0.717, 1.165) is 0 Å². The molecule has 0 aromatic heterocycles. The first kappa shape index (κ1) is 14.4. The van der Waals surface area contributed by atoms with Gasteiger partial charge in [-0.25, -0.2) is 0 Å². The van der Waals surface area contributed by atoms with Gasteiger partial charge in [0.2, 0.25) is 0 Å². The van der Waals surface area contributed by atoms with Crippen LogP contribution >= 0.6 is 11.6 Å². The molecular formula is C12H16ClNO4. The third-order valence-electron chi connectivity index (χ3n) is 2.35. The van der Waals surface area contributed by atoms with Gasteiger partial charge in [0, 0.05) is 18.7 Å². The lowest BCUT2D eigenvalue weighted by Crippen LogP contribution is -2.10. The van der Waals surface area contributed by atoms with Crippen molar-refractivity contribution < 1.29 is 19.0 Å². The highest BCUT2D eigenvalue weighted by Crippen LogP contribution is 2.35. The van der Waals surface area contributed by atoms with Gasteiger partial charge in [-0.1, -0.05) is 11.6 Å². The molecule has 0 saturated heterocycles. The second-order valence-electron chi connectivity index (χ2n) is 3.44. The van der Waals surface area contributed by atoms with Crippen LogP contribution in [0, 0.1) is 0 Å². The van der Waals surface area contributed by atoms with Crippen molar-refractivity contribution in [2.75, 3.05) is 33.2 Å². The predicted octanol–water partition coefficient (Wildman–Crippen LogP) is 2.33. The number of carbonyl (C=O) groups excluding carboxylic acids is 1.